The summed E-state index contributed by atoms with van der Waals surface area (Å²) < 4.78 is 0. The Balaban J connectivity index is 1.80. The third kappa shape index (κ3) is 1.26. The first-order valence-electron chi connectivity index (χ1n) is 4.20. The van der Waals surface area contributed by atoms with Gasteiger partial charge < -0.3 is 5.32 Å². The number of rotatable bonds is 1. The van der Waals surface area contributed by atoms with Crippen molar-refractivity contribution in [2.75, 3.05) is 6.54 Å². The van der Waals surface area contributed by atoms with Crippen LogP contribution in [0.1, 0.15) is 32.1 Å². The monoisotopic (exact) mass is 125 g/mol. The third-order valence-electron chi connectivity index (χ3n) is 2.66. The summed E-state index contributed by atoms with van der Waals surface area (Å²) in [5.41, 5.74) is 0. The molecular formula is C8H15N. The Morgan fingerprint density at radius 1 is 1.00 bits per heavy atom. The van der Waals surface area contributed by atoms with Crippen molar-refractivity contribution < 1.29 is 0 Å². The summed E-state index contributed by atoms with van der Waals surface area (Å²) in [7, 11) is 0. The lowest BCUT2D eigenvalue weighted by Gasteiger charge is -2.19. The summed E-state index contributed by atoms with van der Waals surface area (Å²) >= 11 is 0. The molecule has 0 spiro atoms. The first-order valence-corrected chi connectivity index (χ1v) is 4.20. The Bertz CT molecular complexity index is 90.7. The molecule has 1 N–H and O–H groups in total. The Hall–Kier alpha value is -0.0400. The summed E-state index contributed by atoms with van der Waals surface area (Å²) in [6, 6.07) is 0.935. The van der Waals surface area contributed by atoms with Gasteiger partial charge in [0.2, 0.25) is 0 Å². The van der Waals surface area contributed by atoms with Crippen LogP contribution in [0.4, 0.5) is 0 Å². The zero-order chi connectivity index (χ0) is 6.10. The molecule has 1 heterocycles. The summed E-state index contributed by atoms with van der Waals surface area (Å²) in [5.74, 6) is 1.05. The first-order chi connectivity index (χ1) is 4.47. The zero-order valence-corrected chi connectivity index (χ0v) is 5.90. The van der Waals surface area contributed by atoms with Crippen LogP contribution in [0.5, 0.6) is 0 Å². The van der Waals surface area contributed by atoms with E-state index in [9.17, 15) is 0 Å². The maximum absolute atomic E-state index is 3.40. The molecule has 52 valence electrons. The van der Waals surface area contributed by atoms with Gasteiger partial charge in [0.1, 0.15) is 0 Å². The highest BCUT2D eigenvalue weighted by molar-refractivity contribution is 4.90. The molecule has 1 saturated heterocycles. The van der Waals surface area contributed by atoms with Gasteiger partial charge in [0.25, 0.3) is 0 Å². The van der Waals surface area contributed by atoms with E-state index in [4.69, 9.17) is 0 Å². The topological polar surface area (TPSA) is 21.9 Å². The molecule has 0 bridgehead atoms. The van der Waals surface area contributed by atoms with Crippen molar-refractivity contribution in [2.45, 2.75) is 38.1 Å². The van der Waals surface area contributed by atoms with Gasteiger partial charge in [-0.2, -0.15) is 0 Å². The van der Waals surface area contributed by atoms with Crippen molar-refractivity contribution in [2.24, 2.45) is 5.92 Å². The van der Waals surface area contributed by atoms with Crippen LogP contribution in [0.2, 0.25) is 0 Å². The van der Waals surface area contributed by atoms with Gasteiger partial charge in [-0.05, 0) is 18.8 Å². The van der Waals surface area contributed by atoms with E-state index in [2.05, 4.69) is 5.32 Å². The lowest BCUT2D eigenvalue weighted by molar-refractivity contribution is 0.353. The second-order valence-corrected chi connectivity index (χ2v) is 3.41. The predicted octanol–water partition coefficient (Wildman–Crippen LogP) is 1.54. The molecule has 1 aliphatic heterocycles. The average Bonchev–Trinajstić information content (AvgIpc) is 2.71. The van der Waals surface area contributed by atoms with Gasteiger partial charge in [-0.25, -0.2) is 0 Å². The van der Waals surface area contributed by atoms with E-state index in [0.717, 1.165) is 12.0 Å². The summed E-state index contributed by atoms with van der Waals surface area (Å²) in [5, 5.41) is 3.40. The minimum Gasteiger partial charge on any atom is -0.311 e. The van der Waals surface area contributed by atoms with Crippen molar-refractivity contribution in [1.82, 2.24) is 5.32 Å². The van der Waals surface area contributed by atoms with Crippen molar-refractivity contribution in [3.05, 3.63) is 0 Å². The molecule has 1 atom stereocenters. The summed E-state index contributed by atoms with van der Waals surface area (Å²) in [6.07, 6.45) is 7.46. The highest BCUT2D eigenvalue weighted by Crippen LogP contribution is 2.29. The molecule has 1 aliphatic carbocycles. The fraction of sp³-hybridized carbons (Fsp3) is 1.00. The van der Waals surface area contributed by atoms with Crippen molar-refractivity contribution in [3.63, 3.8) is 0 Å². The van der Waals surface area contributed by atoms with Gasteiger partial charge in [0.05, 0.1) is 0 Å². The lowest BCUT2D eigenvalue weighted by Crippen LogP contribution is -2.14. The second-order valence-electron chi connectivity index (χ2n) is 3.41. The lowest BCUT2D eigenvalue weighted by atomic mass is 9.87. The Morgan fingerprint density at radius 2 is 1.67 bits per heavy atom. The molecule has 1 unspecified atom stereocenters. The molecule has 0 amide bonds. The molecule has 1 saturated carbocycles. The van der Waals surface area contributed by atoms with Gasteiger partial charge in [0.15, 0.2) is 0 Å². The van der Waals surface area contributed by atoms with E-state index in [0.29, 0.717) is 0 Å². The minimum atomic E-state index is 0.935. The average molecular weight is 125 g/mol. The van der Waals surface area contributed by atoms with Crippen LogP contribution in [-0.2, 0) is 0 Å². The smallest absolute Gasteiger partial charge is 0.0221 e. The molecule has 0 aromatic rings. The zero-order valence-electron chi connectivity index (χ0n) is 5.90. The second kappa shape index (κ2) is 2.30. The van der Waals surface area contributed by atoms with Crippen molar-refractivity contribution in [3.8, 4) is 0 Å². The minimum absolute atomic E-state index is 0.935. The molecule has 2 rings (SSSR count). The van der Waals surface area contributed by atoms with Crippen LogP contribution >= 0.6 is 0 Å². The highest BCUT2D eigenvalue weighted by atomic mass is 15.1. The molecular weight excluding hydrogens is 110 g/mol. The third-order valence-corrected chi connectivity index (χ3v) is 2.66. The Kier molecular flexibility index (Phi) is 1.46. The van der Waals surface area contributed by atoms with Crippen LogP contribution in [0, 0.1) is 5.92 Å². The molecule has 0 aromatic heterocycles. The summed E-state index contributed by atoms with van der Waals surface area (Å²) in [6.45, 7) is 1.31. The van der Waals surface area contributed by atoms with Gasteiger partial charge in [-0.3, -0.25) is 0 Å². The fourth-order valence-electron chi connectivity index (χ4n) is 1.94. The highest BCUT2D eigenvalue weighted by Gasteiger charge is 2.30. The van der Waals surface area contributed by atoms with E-state index >= 15 is 0 Å². The molecule has 1 heteroatoms. The van der Waals surface area contributed by atoms with Crippen LogP contribution in [0.25, 0.3) is 0 Å². The van der Waals surface area contributed by atoms with Crippen LogP contribution < -0.4 is 5.32 Å². The number of hydrogen-bond acceptors (Lipinski definition) is 1. The van der Waals surface area contributed by atoms with Gasteiger partial charge >= 0.3 is 0 Å². The standard InChI is InChI=1S/C8H15N/c1-2-4-7(5-3-1)8-6-9-8/h7-9H,1-6H2. The van der Waals surface area contributed by atoms with Gasteiger partial charge in [-0.1, -0.05) is 19.3 Å². The van der Waals surface area contributed by atoms with E-state index in [1.807, 2.05) is 0 Å². The normalized spacial score (nSPS) is 36.7. The molecule has 1 nitrogen and oxygen atoms in total. The summed E-state index contributed by atoms with van der Waals surface area (Å²) in [4.78, 5) is 0. The van der Waals surface area contributed by atoms with E-state index in [-0.39, 0.29) is 0 Å². The first kappa shape index (κ1) is 5.72. The molecule has 2 aliphatic rings. The van der Waals surface area contributed by atoms with Crippen molar-refractivity contribution in [1.29, 1.82) is 0 Å². The van der Waals surface area contributed by atoms with Crippen LogP contribution in [0.3, 0.4) is 0 Å². The van der Waals surface area contributed by atoms with E-state index in [1.54, 1.807) is 0 Å². The SMILES string of the molecule is C1CCC(C2CN2)CC1. The molecule has 9 heavy (non-hydrogen) atoms. The maximum atomic E-state index is 3.40. The maximum Gasteiger partial charge on any atom is 0.0221 e. The van der Waals surface area contributed by atoms with E-state index in [1.165, 1.54) is 38.6 Å². The van der Waals surface area contributed by atoms with Crippen molar-refractivity contribution >= 4 is 0 Å². The van der Waals surface area contributed by atoms with E-state index < -0.39 is 0 Å². The quantitative estimate of drug-likeness (QED) is 0.527. The Morgan fingerprint density at radius 3 is 2.22 bits per heavy atom. The molecule has 0 aromatic carbocycles. The number of hydrogen-bond donors (Lipinski definition) is 1. The fourth-order valence-corrected chi connectivity index (χ4v) is 1.94. The largest absolute Gasteiger partial charge is 0.311 e. The number of nitrogens with one attached hydrogen (secondary N) is 1. The van der Waals surface area contributed by atoms with Crippen LogP contribution in [-0.4, -0.2) is 12.6 Å². The Labute approximate surface area is 56.8 Å². The predicted molar refractivity (Wildman–Crippen MR) is 38.4 cm³/mol. The molecule has 0 radical (unpaired) electrons. The van der Waals surface area contributed by atoms with Gasteiger partial charge in [-0.15, -0.1) is 0 Å². The van der Waals surface area contributed by atoms with Crippen LogP contribution in [0.15, 0.2) is 0 Å². The molecule has 2 fully saturated rings. The van der Waals surface area contributed by atoms with Gasteiger partial charge in [0, 0.05) is 12.6 Å².